The highest BCUT2D eigenvalue weighted by Gasteiger charge is 2.22. The van der Waals surface area contributed by atoms with Gasteiger partial charge in [-0.3, -0.25) is 4.79 Å². The molecule has 0 N–H and O–H groups in total. The molecule has 0 atom stereocenters. The minimum absolute atomic E-state index is 0.0988. The lowest BCUT2D eigenvalue weighted by molar-refractivity contribution is -0.134. The van der Waals surface area contributed by atoms with E-state index in [9.17, 15) is 14.0 Å². The summed E-state index contributed by atoms with van der Waals surface area (Å²) in [6.07, 6.45) is 0. The minimum Gasteiger partial charge on any atom is -0.452 e. The van der Waals surface area contributed by atoms with Crippen LogP contribution in [0, 0.1) is 5.82 Å². The average Bonchev–Trinajstić information content (AvgIpc) is 2.66. The molecule has 3 rings (SSSR count). The molecule has 1 aliphatic heterocycles. The number of carbonyl (C=O) groups excluding carboxylic acids is 2. The third-order valence-corrected chi connectivity index (χ3v) is 4.14. The van der Waals surface area contributed by atoms with Crippen LogP contribution in [0.5, 0.6) is 0 Å². The van der Waals surface area contributed by atoms with Crippen LogP contribution in [0.25, 0.3) is 0 Å². The Hall–Kier alpha value is -2.89. The molecule has 0 aromatic heterocycles. The summed E-state index contributed by atoms with van der Waals surface area (Å²) in [6.45, 7) is 2.28. The zero-order valence-corrected chi connectivity index (χ0v) is 13.7. The van der Waals surface area contributed by atoms with Gasteiger partial charge >= 0.3 is 5.97 Å². The highest BCUT2D eigenvalue weighted by molar-refractivity contribution is 5.91. The van der Waals surface area contributed by atoms with Crippen LogP contribution < -0.4 is 4.90 Å². The molecular formula is C19H19FN2O3. The average molecular weight is 342 g/mol. The molecule has 1 amide bonds. The first-order valence-corrected chi connectivity index (χ1v) is 8.14. The Bertz CT molecular complexity index is 743. The van der Waals surface area contributed by atoms with Crippen molar-refractivity contribution in [1.82, 2.24) is 4.90 Å². The molecule has 6 heteroatoms. The number of amides is 1. The van der Waals surface area contributed by atoms with E-state index in [0.717, 1.165) is 24.8 Å². The number of halogens is 1. The van der Waals surface area contributed by atoms with Gasteiger partial charge in [-0.2, -0.15) is 0 Å². The third kappa shape index (κ3) is 4.35. The van der Waals surface area contributed by atoms with Gasteiger partial charge in [0, 0.05) is 31.9 Å². The Morgan fingerprint density at radius 1 is 0.960 bits per heavy atom. The molecule has 1 heterocycles. The van der Waals surface area contributed by atoms with Crippen LogP contribution in [0.3, 0.4) is 0 Å². The van der Waals surface area contributed by atoms with E-state index < -0.39 is 11.8 Å². The Kier molecular flexibility index (Phi) is 5.28. The molecule has 0 unspecified atom stereocenters. The lowest BCUT2D eigenvalue weighted by atomic mass is 10.2. The van der Waals surface area contributed by atoms with E-state index in [-0.39, 0.29) is 18.1 Å². The van der Waals surface area contributed by atoms with Crippen LogP contribution in [0.4, 0.5) is 10.1 Å². The zero-order chi connectivity index (χ0) is 17.6. The van der Waals surface area contributed by atoms with Gasteiger partial charge in [-0.15, -0.1) is 0 Å². The predicted octanol–water partition coefficient (Wildman–Crippen LogP) is 2.33. The summed E-state index contributed by atoms with van der Waals surface area (Å²) in [6, 6.07) is 15.2. The van der Waals surface area contributed by atoms with E-state index in [1.165, 1.54) is 18.2 Å². The molecule has 130 valence electrons. The van der Waals surface area contributed by atoms with E-state index in [1.54, 1.807) is 4.90 Å². The van der Waals surface area contributed by atoms with Gasteiger partial charge in [0.25, 0.3) is 5.91 Å². The molecule has 25 heavy (non-hydrogen) atoms. The van der Waals surface area contributed by atoms with Crippen molar-refractivity contribution in [2.75, 3.05) is 37.7 Å². The Morgan fingerprint density at radius 2 is 1.68 bits per heavy atom. The Labute approximate surface area is 145 Å². The van der Waals surface area contributed by atoms with Crippen molar-refractivity contribution < 1.29 is 18.7 Å². The molecule has 1 fully saturated rings. The van der Waals surface area contributed by atoms with Crippen molar-refractivity contribution in [1.29, 1.82) is 0 Å². The number of anilines is 1. The van der Waals surface area contributed by atoms with Crippen LogP contribution in [-0.4, -0.2) is 49.6 Å². The predicted molar refractivity (Wildman–Crippen MR) is 91.9 cm³/mol. The first-order chi connectivity index (χ1) is 12.1. The quantitative estimate of drug-likeness (QED) is 0.800. The molecule has 0 aliphatic carbocycles. The summed E-state index contributed by atoms with van der Waals surface area (Å²) in [7, 11) is 0. The largest absolute Gasteiger partial charge is 0.452 e. The number of esters is 1. The highest BCUT2D eigenvalue weighted by atomic mass is 19.1. The second kappa shape index (κ2) is 7.79. The van der Waals surface area contributed by atoms with E-state index in [1.807, 2.05) is 30.3 Å². The monoisotopic (exact) mass is 342 g/mol. The van der Waals surface area contributed by atoms with Crippen molar-refractivity contribution in [3.63, 3.8) is 0 Å². The van der Waals surface area contributed by atoms with Gasteiger partial charge in [0.2, 0.25) is 0 Å². The number of para-hydroxylation sites is 1. The van der Waals surface area contributed by atoms with Crippen LogP contribution in [-0.2, 0) is 9.53 Å². The van der Waals surface area contributed by atoms with E-state index >= 15 is 0 Å². The SMILES string of the molecule is O=C(OCC(=O)N1CCN(c2ccccc2)CC1)c1cccc(F)c1. The van der Waals surface area contributed by atoms with E-state index in [0.29, 0.717) is 13.1 Å². The summed E-state index contributed by atoms with van der Waals surface area (Å²) in [5.74, 6) is -1.45. The van der Waals surface area contributed by atoms with Crippen molar-refractivity contribution in [3.05, 3.63) is 66.0 Å². The summed E-state index contributed by atoms with van der Waals surface area (Å²) in [5.41, 5.74) is 1.23. The van der Waals surface area contributed by atoms with Gasteiger partial charge < -0.3 is 14.5 Å². The van der Waals surface area contributed by atoms with Crippen LogP contribution in [0.1, 0.15) is 10.4 Å². The van der Waals surface area contributed by atoms with Crippen molar-refractivity contribution in [2.24, 2.45) is 0 Å². The summed E-state index contributed by atoms with van der Waals surface area (Å²) in [4.78, 5) is 27.9. The highest BCUT2D eigenvalue weighted by Crippen LogP contribution is 2.15. The second-order valence-electron chi connectivity index (χ2n) is 5.79. The molecular weight excluding hydrogens is 323 g/mol. The Balaban J connectivity index is 1.47. The number of ether oxygens (including phenoxy) is 1. The lowest BCUT2D eigenvalue weighted by Gasteiger charge is -2.36. The van der Waals surface area contributed by atoms with Crippen LogP contribution >= 0.6 is 0 Å². The molecule has 0 radical (unpaired) electrons. The van der Waals surface area contributed by atoms with Crippen LogP contribution in [0.15, 0.2) is 54.6 Å². The van der Waals surface area contributed by atoms with Crippen LogP contribution in [0.2, 0.25) is 0 Å². The van der Waals surface area contributed by atoms with Gasteiger partial charge in [-0.25, -0.2) is 9.18 Å². The van der Waals surface area contributed by atoms with Gasteiger partial charge in [0.15, 0.2) is 6.61 Å². The molecule has 2 aromatic rings. The number of carbonyl (C=O) groups is 2. The molecule has 5 nitrogen and oxygen atoms in total. The standard InChI is InChI=1S/C19H19FN2O3/c20-16-6-4-5-15(13-16)19(24)25-14-18(23)22-11-9-21(10-12-22)17-7-2-1-3-8-17/h1-8,13H,9-12,14H2. The number of piperazine rings is 1. The number of benzene rings is 2. The third-order valence-electron chi connectivity index (χ3n) is 4.14. The number of nitrogens with zero attached hydrogens (tertiary/aromatic N) is 2. The lowest BCUT2D eigenvalue weighted by Crippen LogP contribution is -2.49. The molecule has 0 spiro atoms. The van der Waals surface area contributed by atoms with Gasteiger partial charge in [-0.05, 0) is 30.3 Å². The fourth-order valence-electron chi connectivity index (χ4n) is 2.77. The van der Waals surface area contributed by atoms with Gasteiger partial charge in [-0.1, -0.05) is 24.3 Å². The normalized spacial score (nSPS) is 14.3. The Morgan fingerprint density at radius 3 is 2.36 bits per heavy atom. The first-order valence-electron chi connectivity index (χ1n) is 8.14. The molecule has 1 saturated heterocycles. The maximum Gasteiger partial charge on any atom is 0.338 e. The minimum atomic E-state index is -0.698. The smallest absolute Gasteiger partial charge is 0.338 e. The first kappa shape index (κ1) is 17.0. The number of hydrogen-bond acceptors (Lipinski definition) is 4. The van der Waals surface area contributed by atoms with E-state index in [4.69, 9.17) is 4.74 Å². The second-order valence-corrected chi connectivity index (χ2v) is 5.79. The molecule has 0 bridgehead atoms. The summed E-state index contributed by atoms with van der Waals surface area (Å²) in [5, 5.41) is 0. The topological polar surface area (TPSA) is 49.9 Å². The molecule has 2 aromatic carbocycles. The van der Waals surface area contributed by atoms with Crippen molar-refractivity contribution >= 4 is 17.6 Å². The maximum absolute atomic E-state index is 13.1. The number of rotatable bonds is 4. The summed E-state index contributed by atoms with van der Waals surface area (Å²) < 4.78 is 18.1. The zero-order valence-electron chi connectivity index (χ0n) is 13.7. The number of hydrogen-bond donors (Lipinski definition) is 0. The molecule has 0 saturated carbocycles. The maximum atomic E-state index is 13.1. The van der Waals surface area contributed by atoms with Crippen molar-refractivity contribution in [2.45, 2.75) is 0 Å². The van der Waals surface area contributed by atoms with Gasteiger partial charge in [0.05, 0.1) is 5.56 Å². The fraction of sp³-hybridized carbons (Fsp3) is 0.263. The van der Waals surface area contributed by atoms with Gasteiger partial charge in [0.1, 0.15) is 5.82 Å². The van der Waals surface area contributed by atoms with Crippen molar-refractivity contribution in [3.8, 4) is 0 Å². The summed E-state index contributed by atoms with van der Waals surface area (Å²) >= 11 is 0. The fourth-order valence-corrected chi connectivity index (χ4v) is 2.77. The molecule has 1 aliphatic rings. The van der Waals surface area contributed by atoms with E-state index in [2.05, 4.69) is 4.90 Å².